The Morgan fingerprint density at radius 3 is 2.37 bits per heavy atom. The minimum atomic E-state index is -0.815. The van der Waals surface area contributed by atoms with Gasteiger partial charge in [0.2, 0.25) is 0 Å². The predicted molar refractivity (Wildman–Crippen MR) is 105 cm³/mol. The molecule has 0 saturated heterocycles. The van der Waals surface area contributed by atoms with E-state index in [1.165, 1.54) is 6.42 Å². The second kappa shape index (κ2) is 8.42. The van der Waals surface area contributed by atoms with Gasteiger partial charge in [0.05, 0.1) is 12.7 Å². The number of carbonyl (C=O) groups is 2. The standard InChI is InChI=1S/C22H27NO4/c1-15(21(24)23(2)16-9-5-4-6-10-16)27-22(25)19-13-14-20(26-3)18-12-8-7-11-17(18)19/h7-8,11-16H,4-6,9-10H2,1-3H3. The zero-order valence-corrected chi connectivity index (χ0v) is 16.2. The summed E-state index contributed by atoms with van der Waals surface area (Å²) in [6.45, 7) is 1.64. The normalized spacial score (nSPS) is 16.0. The third-order valence-corrected chi connectivity index (χ3v) is 5.43. The molecule has 0 N–H and O–H groups in total. The van der Waals surface area contributed by atoms with Crippen molar-refractivity contribution in [2.45, 2.75) is 51.2 Å². The van der Waals surface area contributed by atoms with Gasteiger partial charge in [-0.2, -0.15) is 0 Å². The van der Waals surface area contributed by atoms with Gasteiger partial charge in [-0.05, 0) is 37.3 Å². The average Bonchev–Trinajstić information content (AvgIpc) is 2.72. The summed E-state index contributed by atoms with van der Waals surface area (Å²) in [5, 5.41) is 1.59. The fraction of sp³-hybridized carbons (Fsp3) is 0.455. The minimum absolute atomic E-state index is 0.145. The Kier molecular flexibility index (Phi) is 5.99. The molecule has 1 unspecified atom stereocenters. The van der Waals surface area contributed by atoms with Crippen LogP contribution in [0.15, 0.2) is 36.4 Å². The van der Waals surface area contributed by atoms with Crippen molar-refractivity contribution in [3.05, 3.63) is 42.0 Å². The molecule has 1 saturated carbocycles. The van der Waals surface area contributed by atoms with Gasteiger partial charge < -0.3 is 14.4 Å². The lowest BCUT2D eigenvalue weighted by Crippen LogP contribution is -2.44. The molecule has 1 atom stereocenters. The van der Waals surface area contributed by atoms with E-state index in [0.29, 0.717) is 11.3 Å². The van der Waals surface area contributed by atoms with Crippen molar-refractivity contribution < 1.29 is 19.1 Å². The van der Waals surface area contributed by atoms with Crippen molar-refractivity contribution in [3.63, 3.8) is 0 Å². The van der Waals surface area contributed by atoms with E-state index in [9.17, 15) is 9.59 Å². The van der Waals surface area contributed by atoms with Crippen molar-refractivity contribution in [1.29, 1.82) is 0 Å². The average molecular weight is 369 g/mol. The maximum absolute atomic E-state index is 12.7. The van der Waals surface area contributed by atoms with E-state index in [4.69, 9.17) is 9.47 Å². The summed E-state index contributed by atoms with van der Waals surface area (Å²) in [6.07, 6.45) is 4.75. The van der Waals surface area contributed by atoms with Gasteiger partial charge in [-0.1, -0.05) is 43.5 Å². The van der Waals surface area contributed by atoms with Crippen LogP contribution in [0.25, 0.3) is 10.8 Å². The Labute approximate surface area is 160 Å². The van der Waals surface area contributed by atoms with Gasteiger partial charge in [-0.15, -0.1) is 0 Å². The molecule has 0 aromatic heterocycles. The van der Waals surface area contributed by atoms with E-state index in [-0.39, 0.29) is 11.9 Å². The zero-order valence-electron chi connectivity index (χ0n) is 16.2. The molecule has 0 spiro atoms. The van der Waals surface area contributed by atoms with Gasteiger partial charge in [-0.25, -0.2) is 4.79 Å². The minimum Gasteiger partial charge on any atom is -0.496 e. The summed E-state index contributed by atoms with van der Waals surface area (Å²) in [6, 6.07) is 11.2. The molecule has 0 heterocycles. The number of benzene rings is 2. The molecule has 5 heteroatoms. The molecule has 1 amide bonds. The third kappa shape index (κ3) is 4.07. The summed E-state index contributed by atoms with van der Waals surface area (Å²) in [4.78, 5) is 27.2. The van der Waals surface area contributed by atoms with E-state index >= 15 is 0 Å². The van der Waals surface area contributed by atoms with E-state index in [1.807, 2.05) is 31.3 Å². The number of methoxy groups -OCH3 is 1. The molecular formula is C22H27NO4. The second-order valence-corrected chi connectivity index (χ2v) is 7.15. The van der Waals surface area contributed by atoms with E-state index in [2.05, 4.69) is 0 Å². The largest absolute Gasteiger partial charge is 0.496 e. The van der Waals surface area contributed by atoms with Gasteiger partial charge in [0.1, 0.15) is 5.75 Å². The highest BCUT2D eigenvalue weighted by Gasteiger charge is 2.28. The fourth-order valence-electron chi connectivity index (χ4n) is 3.84. The predicted octanol–water partition coefficient (Wildman–Crippen LogP) is 4.18. The van der Waals surface area contributed by atoms with Crippen molar-refractivity contribution in [2.24, 2.45) is 0 Å². The molecule has 1 aliphatic rings. The number of likely N-dealkylation sites (N-methyl/N-ethyl adjacent to an activating group) is 1. The number of hydrogen-bond donors (Lipinski definition) is 0. The lowest BCUT2D eigenvalue weighted by Gasteiger charge is -2.32. The molecule has 27 heavy (non-hydrogen) atoms. The maximum atomic E-state index is 12.7. The topological polar surface area (TPSA) is 55.8 Å². The highest BCUT2D eigenvalue weighted by molar-refractivity contribution is 6.07. The number of amides is 1. The lowest BCUT2D eigenvalue weighted by molar-refractivity contribution is -0.141. The molecule has 5 nitrogen and oxygen atoms in total. The Morgan fingerprint density at radius 1 is 1.04 bits per heavy atom. The second-order valence-electron chi connectivity index (χ2n) is 7.15. The molecule has 3 rings (SSSR count). The summed E-state index contributed by atoms with van der Waals surface area (Å²) in [7, 11) is 3.41. The van der Waals surface area contributed by atoms with Crippen LogP contribution in [0.5, 0.6) is 5.75 Å². The number of ether oxygens (including phenoxy) is 2. The molecule has 2 aromatic carbocycles. The summed E-state index contributed by atoms with van der Waals surface area (Å²) < 4.78 is 10.9. The van der Waals surface area contributed by atoms with Gasteiger partial charge in [0.25, 0.3) is 5.91 Å². The van der Waals surface area contributed by atoms with Gasteiger partial charge in [0, 0.05) is 18.5 Å². The Morgan fingerprint density at radius 2 is 1.70 bits per heavy atom. The van der Waals surface area contributed by atoms with Gasteiger partial charge in [-0.3, -0.25) is 4.79 Å². The number of rotatable bonds is 5. The molecular weight excluding hydrogens is 342 g/mol. The molecule has 1 fully saturated rings. The first-order valence-corrected chi connectivity index (χ1v) is 9.56. The van der Waals surface area contributed by atoms with Crippen LogP contribution in [0, 0.1) is 0 Å². The van der Waals surface area contributed by atoms with Crippen LogP contribution in [0.3, 0.4) is 0 Å². The number of hydrogen-bond acceptors (Lipinski definition) is 4. The number of nitrogens with zero attached hydrogens (tertiary/aromatic N) is 1. The van der Waals surface area contributed by atoms with Crippen LogP contribution in [0.1, 0.15) is 49.4 Å². The third-order valence-electron chi connectivity index (χ3n) is 5.43. The molecule has 144 valence electrons. The first-order chi connectivity index (χ1) is 13.0. The highest BCUT2D eigenvalue weighted by atomic mass is 16.5. The van der Waals surface area contributed by atoms with Crippen molar-refractivity contribution >= 4 is 22.6 Å². The Balaban J connectivity index is 1.75. The molecule has 0 radical (unpaired) electrons. The van der Waals surface area contributed by atoms with Crippen molar-refractivity contribution in [1.82, 2.24) is 4.90 Å². The first kappa shape index (κ1) is 19.2. The quantitative estimate of drug-likeness (QED) is 0.742. The fourth-order valence-corrected chi connectivity index (χ4v) is 3.84. The molecule has 1 aliphatic carbocycles. The smallest absolute Gasteiger partial charge is 0.339 e. The van der Waals surface area contributed by atoms with Crippen LogP contribution in [0.4, 0.5) is 0 Å². The summed E-state index contributed by atoms with van der Waals surface area (Å²) in [5.41, 5.74) is 0.436. The van der Waals surface area contributed by atoms with Crippen LogP contribution in [-0.4, -0.2) is 43.1 Å². The zero-order chi connectivity index (χ0) is 19.4. The molecule has 0 aliphatic heterocycles. The molecule has 2 aromatic rings. The number of fused-ring (bicyclic) bond motifs is 1. The highest BCUT2D eigenvalue weighted by Crippen LogP contribution is 2.29. The monoisotopic (exact) mass is 369 g/mol. The maximum Gasteiger partial charge on any atom is 0.339 e. The van der Waals surface area contributed by atoms with Crippen LogP contribution >= 0.6 is 0 Å². The Hall–Kier alpha value is -2.56. The summed E-state index contributed by atoms with van der Waals surface area (Å²) >= 11 is 0. The number of esters is 1. The Bertz CT molecular complexity index is 826. The number of carbonyl (C=O) groups excluding carboxylic acids is 2. The van der Waals surface area contributed by atoms with Crippen molar-refractivity contribution in [2.75, 3.05) is 14.2 Å². The summed E-state index contributed by atoms with van der Waals surface area (Å²) in [5.74, 6) is 0.0584. The van der Waals surface area contributed by atoms with E-state index in [1.54, 1.807) is 31.1 Å². The molecule has 0 bridgehead atoms. The van der Waals surface area contributed by atoms with Gasteiger partial charge in [0.15, 0.2) is 6.10 Å². The van der Waals surface area contributed by atoms with E-state index < -0.39 is 12.1 Å². The lowest BCUT2D eigenvalue weighted by atomic mass is 9.94. The first-order valence-electron chi connectivity index (χ1n) is 9.56. The van der Waals surface area contributed by atoms with Crippen LogP contribution in [-0.2, 0) is 9.53 Å². The van der Waals surface area contributed by atoms with Crippen LogP contribution < -0.4 is 4.74 Å². The van der Waals surface area contributed by atoms with E-state index in [0.717, 1.165) is 36.5 Å². The van der Waals surface area contributed by atoms with Crippen molar-refractivity contribution in [3.8, 4) is 5.75 Å². The van der Waals surface area contributed by atoms with Crippen LogP contribution in [0.2, 0.25) is 0 Å². The van der Waals surface area contributed by atoms with Gasteiger partial charge >= 0.3 is 5.97 Å². The SMILES string of the molecule is COc1ccc(C(=O)OC(C)C(=O)N(C)C2CCCCC2)c2ccccc12.